The second-order valence-corrected chi connectivity index (χ2v) is 8.20. The van der Waals surface area contributed by atoms with Gasteiger partial charge >= 0.3 is 5.97 Å². The number of esters is 1. The Morgan fingerprint density at radius 2 is 1.63 bits per heavy atom. The number of carbonyl (C=O) groups excluding carboxylic acids is 7. The van der Waals surface area contributed by atoms with Gasteiger partial charge in [-0.2, -0.15) is 0 Å². The molecule has 1 saturated heterocycles. The second-order valence-electron chi connectivity index (χ2n) is 8.20. The zero-order valence-corrected chi connectivity index (χ0v) is 20.4. The minimum absolute atomic E-state index is 0.147. The number of nitrogens with two attached hydrogens (primary N) is 1. The monoisotopic (exact) mass is 499 g/mol. The van der Waals surface area contributed by atoms with Crippen molar-refractivity contribution < 1.29 is 43.0 Å². The summed E-state index contributed by atoms with van der Waals surface area (Å²) in [5, 5.41) is 5.53. The Morgan fingerprint density at radius 1 is 1.00 bits per heavy atom. The summed E-state index contributed by atoms with van der Waals surface area (Å²) in [6.07, 6.45) is -2.15. The molecule has 0 radical (unpaired) electrons. The van der Waals surface area contributed by atoms with Gasteiger partial charge in [0.15, 0.2) is 11.9 Å². The number of amides is 5. The van der Waals surface area contributed by atoms with E-state index in [4.69, 9.17) is 15.2 Å². The third kappa shape index (κ3) is 10.1. The van der Waals surface area contributed by atoms with E-state index in [1.165, 1.54) is 27.7 Å². The number of primary amides is 1. The largest absolute Gasteiger partial charge is 0.464 e. The van der Waals surface area contributed by atoms with Crippen molar-refractivity contribution in [3.63, 3.8) is 0 Å². The Morgan fingerprint density at radius 3 is 2.17 bits per heavy atom. The van der Waals surface area contributed by atoms with Crippen molar-refractivity contribution in [3.8, 4) is 0 Å². The molecule has 0 aromatic carbocycles. The first-order chi connectivity index (χ1) is 16.3. The van der Waals surface area contributed by atoms with Gasteiger partial charge in [-0.15, -0.1) is 0 Å². The van der Waals surface area contributed by atoms with Crippen LogP contribution >= 0.6 is 0 Å². The first kappa shape index (κ1) is 29.5. The fraction of sp³-hybridized carbons (Fsp3) is 0.667. The average Bonchev–Trinajstić information content (AvgIpc) is 3.51. The lowest BCUT2D eigenvalue weighted by Crippen LogP contribution is -2.55. The van der Waals surface area contributed by atoms with Gasteiger partial charge in [-0.05, 0) is 20.8 Å². The molecule has 0 aromatic heterocycles. The summed E-state index contributed by atoms with van der Waals surface area (Å²) in [5.74, 6) is -5.23. The maximum atomic E-state index is 12.5. The molecule has 35 heavy (non-hydrogen) atoms. The highest BCUT2D eigenvalue weighted by Crippen LogP contribution is 2.27. The molecule has 14 nitrogen and oxygen atoms in total. The number of hydrogen-bond acceptors (Lipinski definition) is 9. The number of rotatable bonds is 13. The van der Waals surface area contributed by atoms with E-state index in [0.29, 0.717) is 5.01 Å². The van der Waals surface area contributed by atoms with Crippen LogP contribution in [-0.4, -0.2) is 83.7 Å². The molecular weight excluding hydrogens is 466 g/mol. The Labute approximate surface area is 202 Å². The van der Waals surface area contributed by atoms with Crippen LogP contribution < -0.4 is 21.8 Å². The van der Waals surface area contributed by atoms with Gasteiger partial charge in [-0.1, -0.05) is 6.92 Å². The summed E-state index contributed by atoms with van der Waals surface area (Å²) >= 11 is 0. The van der Waals surface area contributed by atoms with E-state index in [1.54, 1.807) is 6.92 Å². The maximum Gasteiger partial charge on any atom is 0.338 e. The standard InChI is InChI=1S/C21H33N5O9/c1-6-34-21(33)18-15(35-18)8-17(30)26(9-16(22)29)25-20(32)12(4)24-19(31)10(2)7-14(28)11(3)23-13(5)27/h10-12,15,18H,6-9H2,1-5H3,(H2,22,29)(H,23,27)(H,24,31)(H,25,32)/t10?,11?,12-,15?,18?/m0/s1. The molecule has 0 spiro atoms. The normalized spacial score (nSPS) is 18.8. The molecule has 1 aliphatic heterocycles. The van der Waals surface area contributed by atoms with E-state index < -0.39 is 66.4 Å². The van der Waals surface area contributed by atoms with Gasteiger partial charge in [0.25, 0.3) is 5.91 Å². The molecule has 4 unspecified atom stereocenters. The molecule has 1 aliphatic rings. The number of ether oxygens (including phenoxy) is 2. The lowest BCUT2D eigenvalue weighted by atomic mass is 9.99. The van der Waals surface area contributed by atoms with E-state index >= 15 is 0 Å². The van der Waals surface area contributed by atoms with Crippen LogP contribution in [0, 0.1) is 5.92 Å². The molecule has 0 saturated carbocycles. The molecule has 1 fully saturated rings. The zero-order chi connectivity index (χ0) is 26.9. The number of nitrogens with one attached hydrogen (secondary N) is 3. The summed E-state index contributed by atoms with van der Waals surface area (Å²) in [6.45, 7) is 6.71. The van der Waals surface area contributed by atoms with Gasteiger partial charge < -0.3 is 25.8 Å². The van der Waals surface area contributed by atoms with Gasteiger partial charge in [0.2, 0.25) is 23.6 Å². The summed E-state index contributed by atoms with van der Waals surface area (Å²) in [4.78, 5) is 83.6. The molecule has 0 aromatic rings. The fourth-order valence-electron chi connectivity index (χ4n) is 2.97. The van der Waals surface area contributed by atoms with Crippen molar-refractivity contribution in [3.05, 3.63) is 0 Å². The molecule has 1 rings (SSSR count). The van der Waals surface area contributed by atoms with Crippen molar-refractivity contribution in [2.75, 3.05) is 13.2 Å². The van der Waals surface area contributed by atoms with Gasteiger partial charge in [-0.3, -0.25) is 34.2 Å². The number of hydrazine groups is 1. The Balaban J connectivity index is 2.63. The molecule has 196 valence electrons. The smallest absolute Gasteiger partial charge is 0.338 e. The Bertz CT molecular complexity index is 862. The summed E-state index contributed by atoms with van der Waals surface area (Å²) in [5.41, 5.74) is 7.37. The lowest BCUT2D eigenvalue weighted by Gasteiger charge is -2.24. The number of nitrogens with zero attached hydrogens (tertiary/aromatic N) is 1. The van der Waals surface area contributed by atoms with Crippen LogP contribution in [-0.2, 0) is 43.0 Å². The molecule has 5 atom stereocenters. The quantitative estimate of drug-likeness (QED) is 0.122. The molecule has 5 amide bonds. The van der Waals surface area contributed by atoms with E-state index in [1.807, 2.05) is 0 Å². The number of epoxide rings is 1. The maximum absolute atomic E-state index is 12.5. The van der Waals surface area contributed by atoms with Crippen molar-refractivity contribution in [2.45, 2.75) is 71.8 Å². The summed E-state index contributed by atoms with van der Waals surface area (Å²) in [6, 6.07) is -1.91. The van der Waals surface area contributed by atoms with Gasteiger partial charge in [-0.25, -0.2) is 9.80 Å². The zero-order valence-electron chi connectivity index (χ0n) is 20.4. The highest BCUT2D eigenvalue weighted by Gasteiger charge is 2.48. The highest BCUT2D eigenvalue weighted by molar-refractivity contribution is 5.94. The minimum Gasteiger partial charge on any atom is -0.464 e. The number of carbonyl (C=O) groups is 7. The van der Waals surface area contributed by atoms with E-state index in [2.05, 4.69) is 16.1 Å². The summed E-state index contributed by atoms with van der Waals surface area (Å²) < 4.78 is 9.90. The van der Waals surface area contributed by atoms with Crippen LogP contribution in [0.15, 0.2) is 0 Å². The van der Waals surface area contributed by atoms with E-state index in [0.717, 1.165) is 0 Å². The SMILES string of the molecule is CCOC(=O)C1OC1CC(=O)N(CC(N)=O)NC(=O)[C@H](C)NC(=O)C(C)CC(=O)C(C)NC(C)=O. The molecule has 14 heteroatoms. The molecule has 0 aliphatic carbocycles. The first-order valence-corrected chi connectivity index (χ1v) is 11.1. The van der Waals surface area contributed by atoms with Crippen LogP contribution in [0.1, 0.15) is 47.5 Å². The predicted molar refractivity (Wildman–Crippen MR) is 119 cm³/mol. The summed E-state index contributed by atoms with van der Waals surface area (Å²) in [7, 11) is 0. The number of ketones is 1. The van der Waals surface area contributed by atoms with Crippen molar-refractivity contribution in [2.24, 2.45) is 11.7 Å². The molecule has 1 heterocycles. The van der Waals surface area contributed by atoms with Crippen LogP contribution in [0.3, 0.4) is 0 Å². The number of hydrogen-bond donors (Lipinski definition) is 4. The van der Waals surface area contributed by atoms with Crippen LogP contribution in [0.25, 0.3) is 0 Å². The van der Waals surface area contributed by atoms with E-state index in [9.17, 15) is 33.6 Å². The molecular formula is C21H33N5O9. The fourth-order valence-corrected chi connectivity index (χ4v) is 2.97. The van der Waals surface area contributed by atoms with Crippen LogP contribution in [0.2, 0.25) is 0 Å². The van der Waals surface area contributed by atoms with Crippen molar-refractivity contribution in [1.29, 1.82) is 0 Å². The highest BCUT2D eigenvalue weighted by atomic mass is 16.6. The molecule has 5 N–H and O–H groups in total. The third-order valence-electron chi connectivity index (χ3n) is 4.95. The van der Waals surface area contributed by atoms with E-state index in [-0.39, 0.29) is 31.1 Å². The first-order valence-electron chi connectivity index (χ1n) is 11.1. The average molecular weight is 500 g/mol. The topological polar surface area (TPSA) is 207 Å². The minimum atomic E-state index is -1.14. The predicted octanol–water partition coefficient (Wildman–Crippen LogP) is -2.32. The van der Waals surface area contributed by atoms with Crippen LogP contribution in [0.4, 0.5) is 0 Å². The van der Waals surface area contributed by atoms with Crippen molar-refractivity contribution >= 4 is 41.3 Å². The van der Waals surface area contributed by atoms with Gasteiger partial charge in [0, 0.05) is 19.3 Å². The van der Waals surface area contributed by atoms with Gasteiger partial charge in [0.05, 0.1) is 19.1 Å². The number of Topliss-reactive ketones (excluding diaryl/α,β-unsaturated/α-hetero) is 1. The van der Waals surface area contributed by atoms with Gasteiger partial charge in [0.1, 0.15) is 18.7 Å². The Kier molecular flexibility index (Phi) is 11.3. The second kappa shape index (κ2) is 13.4. The third-order valence-corrected chi connectivity index (χ3v) is 4.95. The Hall–Kier alpha value is -3.55. The van der Waals surface area contributed by atoms with Crippen LogP contribution in [0.5, 0.6) is 0 Å². The molecule has 0 bridgehead atoms. The lowest BCUT2D eigenvalue weighted by molar-refractivity contribution is -0.145. The van der Waals surface area contributed by atoms with Crippen molar-refractivity contribution in [1.82, 2.24) is 21.1 Å².